The summed E-state index contributed by atoms with van der Waals surface area (Å²) in [6.07, 6.45) is 0. The van der Waals surface area contributed by atoms with Gasteiger partial charge in [-0.25, -0.2) is 0 Å². The number of hydrogen-bond acceptors (Lipinski definition) is 5. The van der Waals surface area contributed by atoms with Gasteiger partial charge in [0.15, 0.2) is 11.9 Å². The van der Waals surface area contributed by atoms with Crippen LogP contribution in [0, 0.1) is 5.92 Å². The first kappa shape index (κ1) is 17.9. The minimum atomic E-state index is -0.932. The van der Waals surface area contributed by atoms with Crippen LogP contribution in [0.3, 0.4) is 0 Å². The van der Waals surface area contributed by atoms with Gasteiger partial charge < -0.3 is 14.3 Å². The molecular weight excluding hydrogens is 321 g/mol. The van der Waals surface area contributed by atoms with Crippen LogP contribution >= 0.6 is 0 Å². The SMILES string of the molecule is CCOC(=O)[C-](C(C)=O)C(=O)OCC.[Cs+]. The Morgan fingerprint density at radius 3 is 1.53 bits per heavy atom. The summed E-state index contributed by atoms with van der Waals surface area (Å²) in [5.41, 5.74) is 0. The summed E-state index contributed by atoms with van der Waals surface area (Å²) in [6.45, 7) is 4.49. The van der Waals surface area contributed by atoms with Crippen LogP contribution in [0.4, 0.5) is 0 Å². The van der Waals surface area contributed by atoms with Crippen molar-refractivity contribution in [2.24, 2.45) is 0 Å². The smallest absolute Gasteiger partial charge is 0.487 e. The molecule has 0 amide bonds. The zero-order chi connectivity index (χ0) is 11.1. The third-order valence-corrected chi connectivity index (χ3v) is 1.31. The molecule has 0 aromatic carbocycles. The van der Waals surface area contributed by atoms with Crippen LogP contribution in [0.25, 0.3) is 0 Å². The van der Waals surface area contributed by atoms with E-state index in [2.05, 4.69) is 9.47 Å². The molecule has 0 aliphatic heterocycles. The predicted octanol–water partition coefficient (Wildman–Crippen LogP) is -2.72. The molecule has 0 bridgehead atoms. The number of rotatable bonds is 5. The Hall–Kier alpha value is 0.532. The third kappa shape index (κ3) is 6.65. The van der Waals surface area contributed by atoms with Gasteiger partial charge in [-0.15, -0.1) is 5.92 Å². The van der Waals surface area contributed by atoms with Gasteiger partial charge in [0.25, 0.3) is 0 Å². The maximum atomic E-state index is 11.1. The molecule has 0 N–H and O–H groups in total. The van der Waals surface area contributed by atoms with Gasteiger partial charge in [-0.3, -0.25) is 9.59 Å². The molecule has 0 spiro atoms. The molecular formula is C9H13CsO5. The Balaban J connectivity index is 0. The zero-order valence-electron chi connectivity index (χ0n) is 9.46. The van der Waals surface area contributed by atoms with Crippen LogP contribution in [-0.2, 0) is 23.9 Å². The number of esters is 2. The summed E-state index contributed by atoms with van der Waals surface area (Å²) in [7, 11) is 0. The number of carbonyl (C=O) groups is 3. The first-order chi connectivity index (χ1) is 6.54. The van der Waals surface area contributed by atoms with Crippen molar-refractivity contribution in [2.45, 2.75) is 20.8 Å². The standard InChI is InChI=1S/C9H13O5.Cs/c1-4-13-8(11)7(6(3)10)9(12)14-5-2;/h4-5H2,1-3H3;/q-1;+1. The molecule has 0 radical (unpaired) electrons. The predicted molar refractivity (Wildman–Crippen MR) is 47.2 cm³/mol. The number of ketones is 1. The topological polar surface area (TPSA) is 69.7 Å². The number of ether oxygens (including phenoxy) is 2. The zero-order valence-corrected chi connectivity index (χ0v) is 15.7. The van der Waals surface area contributed by atoms with Crippen LogP contribution in [0.2, 0.25) is 0 Å². The minimum absolute atomic E-state index is 0. The van der Waals surface area contributed by atoms with Crippen molar-refractivity contribution in [3.63, 3.8) is 0 Å². The van der Waals surface area contributed by atoms with E-state index in [-0.39, 0.29) is 82.1 Å². The molecule has 0 saturated heterocycles. The van der Waals surface area contributed by atoms with E-state index >= 15 is 0 Å². The number of Topliss-reactive ketones (excluding diaryl/α,β-unsaturated/α-hetero) is 1. The summed E-state index contributed by atoms with van der Waals surface area (Å²) in [5.74, 6) is -3.08. The van der Waals surface area contributed by atoms with Crippen LogP contribution < -0.4 is 68.9 Å². The van der Waals surface area contributed by atoms with Gasteiger partial charge in [0.2, 0.25) is 0 Å². The largest absolute Gasteiger partial charge is 1.00 e. The van der Waals surface area contributed by atoms with Crippen molar-refractivity contribution >= 4 is 17.7 Å². The summed E-state index contributed by atoms with van der Waals surface area (Å²) < 4.78 is 9.07. The Kier molecular flexibility index (Phi) is 11.6. The Morgan fingerprint density at radius 1 is 1.00 bits per heavy atom. The van der Waals surface area contributed by atoms with Gasteiger partial charge >= 0.3 is 68.9 Å². The second-order valence-corrected chi connectivity index (χ2v) is 2.37. The maximum absolute atomic E-state index is 11.1. The molecule has 0 rings (SSSR count). The molecule has 80 valence electrons. The summed E-state index contributed by atoms with van der Waals surface area (Å²) >= 11 is 0. The molecule has 0 aliphatic rings. The monoisotopic (exact) mass is 334 g/mol. The van der Waals surface area contributed by atoms with Gasteiger partial charge in [0.1, 0.15) is 0 Å². The second-order valence-electron chi connectivity index (χ2n) is 2.37. The van der Waals surface area contributed by atoms with Crippen LogP contribution in [0.5, 0.6) is 0 Å². The van der Waals surface area contributed by atoms with Gasteiger partial charge in [0, 0.05) is 5.78 Å². The first-order valence-corrected chi connectivity index (χ1v) is 4.26. The molecule has 0 unspecified atom stereocenters. The number of carbonyl (C=O) groups excluding carboxylic acids is 3. The molecule has 0 aromatic rings. The van der Waals surface area contributed by atoms with Crippen molar-refractivity contribution < 1.29 is 92.8 Å². The molecule has 0 heterocycles. The Labute approximate surface area is 148 Å². The van der Waals surface area contributed by atoms with E-state index in [0.29, 0.717) is 0 Å². The average Bonchev–Trinajstić information content (AvgIpc) is 2.04. The summed E-state index contributed by atoms with van der Waals surface area (Å²) in [4.78, 5) is 33.2. The van der Waals surface area contributed by atoms with Crippen molar-refractivity contribution in [1.29, 1.82) is 0 Å². The fraction of sp³-hybridized carbons (Fsp3) is 0.556. The average molecular weight is 334 g/mol. The Morgan fingerprint density at radius 2 is 1.33 bits per heavy atom. The number of hydrogen-bond donors (Lipinski definition) is 0. The minimum Gasteiger partial charge on any atom is -0.487 e. The van der Waals surface area contributed by atoms with E-state index in [4.69, 9.17) is 0 Å². The molecule has 0 atom stereocenters. The molecule has 0 fully saturated rings. The Bertz CT molecular complexity index is 221. The fourth-order valence-corrected chi connectivity index (χ4v) is 0.777. The van der Waals surface area contributed by atoms with Crippen molar-refractivity contribution in [3.05, 3.63) is 5.92 Å². The van der Waals surface area contributed by atoms with Gasteiger partial charge in [-0.05, 0) is 20.8 Å². The molecule has 15 heavy (non-hydrogen) atoms. The summed E-state index contributed by atoms with van der Waals surface area (Å²) in [5, 5.41) is 0. The molecule has 0 aliphatic carbocycles. The van der Waals surface area contributed by atoms with Crippen LogP contribution in [0.1, 0.15) is 20.8 Å². The first-order valence-electron chi connectivity index (χ1n) is 4.26. The van der Waals surface area contributed by atoms with E-state index < -0.39 is 23.6 Å². The fourth-order valence-electron chi connectivity index (χ4n) is 0.777. The molecule has 6 heteroatoms. The van der Waals surface area contributed by atoms with Gasteiger partial charge in [0.05, 0.1) is 13.2 Å². The van der Waals surface area contributed by atoms with Crippen LogP contribution in [0.15, 0.2) is 0 Å². The van der Waals surface area contributed by atoms with Crippen molar-refractivity contribution in [1.82, 2.24) is 0 Å². The maximum Gasteiger partial charge on any atom is 1.00 e. The summed E-state index contributed by atoms with van der Waals surface area (Å²) in [6, 6.07) is 0. The van der Waals surface area contributed by atoms with Crippen molar-refractivity contribution in [3.8, 4) is 0 Å². The van der Waals surface area contributed by atoms with Gasteiger partial charge in [-0.2, -0.15) is 0 Å². The second kappa shape index (κ2) is 9.74. The molecule has 5 nitrogen and oxygen atoms in total. The van der Waals surface area contributed by atoms with E-state index in [1.54, 1.807) is 13.8 Å². The van der Waals surface area contributed by atoms with Crippen molar-refractivity contribution in [2.75, 3.05) is 13.2 Å². The third-order valence-electron chi connectivity index (χ3n) is 1.31. The van der Waals surface area contributed by atoms with Crippen LogP contribution in [-0.4, -0.2) is 30.9 Å². The molecule has 0 saturated carbocycles. The molecule has 0 aromatic heterocycles. The van der Waals surface area contributed by atoms with E-state index in [1.165, 1.54) is 0 Å². The van der Waals surface area contributed by atoms with E-state index in [9.17, 15) is 14.4 Å². The van der Waals surface area contributed by atoms with Gasteiger partial charge in [-0.1, -0.05) is 0 Å². The quantitative estimate of drug-likeness (QED) is 0.311. The normalized spacial score (nSPS) is 8.47. The van der Waals surface area contributed by atoms with E-state index in [0.717, 1.165) is 6.92 Å². The van der Waals surface area contributed by atoms with E-state index in [1.807, 2.05) is 0 Å².